The summed E-state index contributed by atoms with van der Waals surface area (Å²) in [6.07, 6.45) is 1.92. The smallest absolute Gasteiger partial charge is 0.239 e. The number of hydrogen-bond acceptors (Lipinski definition) is 4. The Hall–Kier alpha value is -2.67. The van der Waals surface area contributed by atoms with Crippen LogP contribution in [0.3, 0.4) is 0 Å². The quantitative estimate of drug-likeness (QED) is 0.813. The summed E-state index contributed by atoms with van der Waals surface area (Å²) in [6.45, 7) is 9.68. The Kier molecular flexibility index (Phi) is 6.37. The average molecular weight is 398 g/mol. The molecule has 29 heavy (non-hydrogen) atoms. The highest BCUT2D eigenvalue weighted by molar-refractivity contribution is 5.91. The molecule has 1 unspecified atom stereocenters. The Morgan fingerprint density at radius 2 is 1.93 bits per heavy atom. The second kappa shape index (κ2) is 8.78. The number of benzene rings is 1. The summed E-state index contributed by atoms with van der Waals surface area (Å²) >= 11 is 0. The van der Waals surface area contributed by atoms with Crippen molar-refractivity contribution < 1.29 is 9.59 Å². The molecule has 1 aromatic carbocycles. The molecule has 0 aliphatic carbocycles. The highest BCUT2D eigenvalue weighted by atomic mass is 16.2. The van der Waals surface area contributed by atoms with Crippen LogP contribution in [0.25, 0.3) is 5.69 Å². The molecule has 2 aromatic rings. The largest absolute Gasteiger partial charge is 0.352 e. The second-order valence-electron chi connectivity index (χ2n) is 8.74. The van der Waals surface area contributed by atoms with Gasteiger partial charge in [0.05, 0.1) is 17.9 Å². The number of anilines is 1. The van der Waals surface area contributed by atoms with E-state index in [0.717, 1.165) is 30.8 Å². The molecule has 1 saturated heterocycles. The van der Waals surface area contributed by atoms with Gasteiger partial charge in [0.2, 0.25) is 11.8 Å². The monoisotopic (exact) mass is 397 g/mol. The molecule has 1 aliphatic heterocycles. The number of para-hydroxylation sites is 1. The summed E-state index contributed by atoms with van der Waals surface area (Å²) in [5, 5.41) is 10.7. The summed E-state index contributed by atoms with van der Waals surface area (Å²) in [5.41, 5.74) is 1.69. The first-order chi connectivity index (χ1) is 13.7. The molecule has 2 amide bonds. The van der Waals surface area contributed by atoms with Gasteiger partial charge in [-0.3, -0.25) is 14.5 Å². The number of piperidine rings is 1. The molecular formula is C22H31N5O2. The Bertz CT molecular complexity index is 854. The fourth-order valence-corrected chi connectivity index (χ4v) is 3.59. The molecule has 1 fully saturated rings. The predicted octanol–water partition coefficient (Wildman–Crippen LogP) is 2.71. The van der Waals surface area contributed by atoms with Crippen LogP contribution in [0.1, 0.15) is 46.2 Å². The van der Waals surface area contributed by atoms with E-state index in [0.29, 0.717) is 18.9 Å². The first-order valence-corrected chi connectivity index (χ1v) is 10.2. The number of carbonyl (C=O) groups is 2. The lowest BCUT2D eigenvalue weighted by molar-refractivity contribution is -0.120. The van der Waals surface area contributed by atoms with E-state index in [4.69, 9.17) is 5.10 Å². The molecule has 0 saturated carbocycles. The van der Waals surface area contributed by atoms with Crippen LogP contribution in [-0.2, 0) is 15.0 Å². The van der Waals surface area contributed by atoms with Gasteiger partial charge >= 0.3 is 0 Å². The number of likely N-dealkylation sites (tertiary alicyclic amines) is 1. The lowest BCUT2D eigenvalue weighted by Crippen LogP contribution is -2.49. The fourth-order valence-electron chi connectivity index (χ4n) is 3.59. The molecule has 0 spiro atoms. The third-order valence-corrected chi connectivity index (χ3v) is 5.03. The fraction of sp³-hybridized carbons (Fsp3) is 0.500. The Balaban J connectivity index is 1.72. The van der Waals surface area contributed by atoms with E-state index in [9.17, 15) is 9.59 Å². The predicted molar refractivity (Wildman–Crippen MR) is 114 cm³/mol. The van der Waals surface area contributed by atoms with Gasteiger partial charge in [0.25, 0.3) is 0 Å². The number of hydrogen-bond donors (Lipinski definition) is 2. The Labute approximate surface area is 172 Å². The van der Waals surface area contributed by atoms with E-state index in [1.807, 2.05) is 36.4 Å². The highest BCUT2D eigenvalue weighted by Crippen LogP contribution is 2.26. The molecule has 1 aromatic heterocycles. The van der Waals surface area contributed by atoms with Crippen molar-refractivity contribution in [1.29, 1.82) is 0 Å². The van der Waals surface area contributed by atoms with Gasteiger partial charge in [0, 0.05) is 31.0 Å². The maximum absolute atomic E-state index is 12.8. The van der Waals surface area contributed by atoms with Crippen LogP contribution in [0.4, 0.5) is 5.82 Å². The minimum absolute atomic E-state index is 0.0252. The zero-order chi connectivity index (χ0) is 21.0. The Morgan fingerprint density at radius 1 is 1.21 bits per heavy atom. The molecule has 156 valence electrons. The maximum Gasteiger partial charge on any atom is 0.239 e. The van der Waals surface area contributed by atoms with Crippen molar-refractivity contribution in [3.8, 4) is 5.69 Å². The number of nitrogens with zero attached hydrogens (tertiary/aromatic N) is 3. The molecule has 7 heteroatoms. The summed E-state index contributed by atoms with van der Waals surface area (Å²) in [5.74, 6) is 0.565. The highest BCUT2D eigenvalue weighted by Gasteiger charge is 2.24. The van der Waals surface area contributed by atoms with Crippen LogP contribution in [0.2, 0.25) is 0 Å². The van der Waals surface area contributed by atoms with Crippen molar-refractivity contribution in [3.05, 3.63) is 42.1 Å². The van der Waals surface area contributed by atoms with Crippen LogP contribution in [0, 0.1) is 0 Å². The molecule has 1 aliphatic rings. The first kappa shape index (κ1) is 21.0. The molecule has 7 nitrogen and oxygen atoms in total. The van der Waals surface area contributed by atoms with E-state index in [-0.39, 0.29) is 23.3 Å². The van der Waals surface area contributed by atoms with Gasteiger partial charge in [-0.05, 0) is 31.5 Å². The van der Waals surface area contributed by atoms with Crippen molar-refractivity contribution in [2.45, 2.75) is 52.0 Å². The van der Waals surface area contributed by atoms with Gasteiger partial charge in [-0.1, -0.05) is 39.0 Å². The van der Waals surface area contributed by atoms with Crippen LogP contribution >= 0.6 is 0 Å². The van der Waals surface area contributed by atoms with Crippen molar-refractivity contribution in [2.75, 3.05) is 25.0 Å². The van der Waals surface area contributed by atoms with E-state index in [1.165, 1.54) is 6.92 Å². The number of amides is 2. The van der Waals surface area contributed by atoms with E-state index >= 15 is 0 Å². The van der Waals surface area contributed by atoms with Gasteiger partial charge in [-0.25, -0.2) is 4.68 Å². The standard InChI is InChI=1S/C22H31N5O2/c1-16(28)23-17-9-8-12-26(14-17)15-21(29)24-20-13-19(22(2,3)4)25-27(20)18-10-6-5-7-11-18/h5-7,10-11,13,17H,8-9,12,14-15H2,1-4H3,(H,23,28)(H,24,29). The first-order valence-electron chi connectivity index (χ1n) is 10.2. The van der Waals surface area contributed by atoms with Crippen LogP contribution < -0.4 is 10.6 Å². The van der Waals surface area contributed by atoms with E-state index < -0.39 is 0 Å². The van der Waals surface area contributed by atoms with Crippen LogP contribution in [0.5, 0.6) is 0 Å². The summed E-state index contributed by atoms with van der Waals surface area (Å²) in [4.78, 5) is 26.2. The zero-order valence-corrected chi connectivity index (χ0v) is 17.7. The molecule has 2 heterocycles. The third kappa shape index (κ3) is 5.67. The van der Waals surface area contributed by atoms with Gasteiger partial charge in [0.15, 0.2) is 0 Å². The van der Waals surface area contributed by atoms with Gasteiger partial charge in [-0.15, -0.1) is 0 Å². The zero-order valence-electron chi connectivity index (χ0n) is 17.7. The lowest BCUT2D eigenvalue weighted by Gasteiger charge is -2.32. The minimum atomic E-state index is -0.127. The minimum Gasteiger partial charge on any atom is -0.352 e. The van der Waals surface area contributed by atoms with Crippen LogP contribution in [-0.4, -0.2) is 52.2 Å². The van der Waals surface area contributed by atoms with Gasteiger partial charge in [-0.2, -0.15) is 5.10 Å². The van der Waals surface area contributed by atoms with E-state index in [2.05, 4.69) is 36.3 Å². The van der Waals surface area contributed by atoms with Crippen molar-refractivity contribution in [1.82, 2.24) is 20.0 Å². The molecule has 1 atom stereocenters. The van der Waals surface area contributed by atoms with Crippen molar-refractivity contribution in [3.63, 3.8) is 0 Å². The number of rotatable bonds is 5. The third-order valence-electron chi connectivity index (χ3n) is 5.03. The SMILES string of the molecule is CC(=O)NC1CCCN(CC(=O)Nc2cc(C(C)(C)C)nn2-c2ccccc2)C1. The molecule has 2 N–H and O–H groups in total. The summed E-state index contributed by atoms with van der Waals surface area (Å²) < 4.78 is 1.79. The molecule has 3 rings (SSSR count). The molecule has 0 radical (unpaired) electrons. The number of nitrogens with one attached hydrogen (secondary N) is 2. The topological polar surface area (TPSA) is 79.3 Å². The van der Waals surface area contributed by atoms with Gasteiger partial charge < -0.3 is 10.6 Å². The normalized spacial score (nSPS) is 17.7. The average Bonchev–Trinajstić information content (AvgIpc) is 3.06. The van der Waals surface area contributed by atoms with E-state index in [1.54, 1.807) is 4.68 Å². The number of aromatic nitrogens is 2. The molecule has 0 bridgehead atoms. The van der Waals surface area contributed by atoms with Crippen molar-refractivity contribution >= 4 is 17.6 Å². The maximum atomic E-state index is 12.8. The second-order valence-corrected chi connectivity index (χ2v) is 8.74. The molecular weight excluding hydrogens is 366 g/mol. The summed E-state index contributed by atoms with van der Waals surface area (Å²) in [6, 6.07) is 11.9. The van der Waals surface area contributed by atoms with Crippen molar-refractivity contribution in [2.24, 2.45) is 0 Å². The lowest BCUT2D eigenvalue weighted by atomic mass is 9.92. The Morgan fingerprint density at radius 3 is 2.59 bits per heavy atom. The summed E-state index contributed by atoms with van der Waals surface area (Å²) in [7, 11) is 0. The van der Waals surface area contributed by atoms with Gasteiger partial charge in [0.1, 0.15) is 5.82 Å². The number of carbonyl (C=O) groups excluding carboxylic acids is 2. The van der Waals surface area contributed by atoms with Crippen LogP contribution in [0.15, 0.2) is 36.4 Å².